The molecule has 0 radical (unpaired) electrons. The number of para-hydroxylation sites is 1. The van der Waals surface area contributed by atoms with E-state index in [0.29, 0.717) is 0 Å². The van der Waals surface area contributed by atoms with Crippen LogP contribution in [0.3, 0.4) is 0 Å². The van der Waals surface area contributed by atoms with Gasteiger partial charge >= 0.3 is 0 Å². The van der Waals surface area contributed by atoms with Crippen LogP contribution >= 0.6 is 0 Å². The van der Waals surface area contributed by atoms with Crippen molar-refractivity contribution >= 4 is 39.0 Å². The zero-order valence-electron chi connectivity index (χ0n) is 26.6. The Balaban J connectivity index is 1.43. The molecule has 2 nitrogen and oxygen atoms in total. The van der Waals surface area contributed by atoms with E-state index < -0.39 is 0 Å². The minimum Gasteiger partial charge on any atom is -0.455 e. The van der Waals surface area contributed by atoms with Gasteiger partial charge in [0.1, 0.15) is 11.2 Å². The maximum Gasteiger partial charge on any atom is 0.145 e. The third-order valence-corrected chi connectivity index (χ3v) is 9.64. The molecule has 0 aliphatic heterocycles. The predicted octanol–water partition coefficient (Wildman–Crippen LogP) is 12.3. The lowest BCUT2D eigenvalue weighted by molar-refractivity contribution is 0.590. The summed E-state index contributed by atoms with van der Waals surface area (Å²) in [4.78, 5) is 2.42. The average molecular weight is 584 g/mol. The molecule has 0 bridgehead atoms. The van der Waals surface area contributed by atoms with Gasteiger partial charge in [-0.25, -0.2) is 0 Å². The van der Waals surface area contributed by atoms with E-state index in [1.54, 1.807) is 0 Å². The van der Waals surface area contributed by atoms with Gasteiger partial charge in [0.05, 0.1) is 11.1 Å². The van der Waals surface area contributed by atoms with E-state index in [0.717, 1.165) is 39.0 Å². The zero-order chi connectivity index (χ0) is 30.9. The molecule has 0 fully saturated rings. The van der Waals surface area contributed by atoms with Gasteiger partial charge in [0.25, 0.3) is 0 Å². The van der Waals surface area contributed by atoms with Gasteiger partial charge in [-0.15, -0.1) is 0 Å². The lowest BCUT2D eigenvalue weighted by atomic mass is 9.82. The highest BCUT2D eigenvalue weighted by atomic mass is 16.3. The summed E-state index contributed by atoms with van der Waals surface area (Å²) >= 11 is 0. The van der Waals surface area contributed by atoms with Crippen LogP contribution in [0.25, 0.3) is 44.2 Å². The van der Waals surface area contributed by atoms with Gasteiger partial charge in [-0.05, 0) is 75.2 Å². The van der Waals surface area contributed by atoms with Crippen LogP contribution in [0.4, 0.5) is 17.1 Å². The fourth-order valence-corrected chi connectivity index (χ4v) is 7.18. The number of rotatable bonds is 4. The maximum absolute atomic E-state index is 6.82. The summed E-state index contributed by atoms with van der Waals surface area (Å²) in [5.74, 6) is 0. The maximum atomic E-state index is 6.82. The lowest BCUT2D eigenvalue weighted by Gasteiger charge is -2.30. The van der Waals surface area contributed by atoms with Gasteiger partial charge in [0.15, 0.2) is 0 Å². The summed E-state index contributed by atoms with van der Waals surface area (Å²) in [5, 5.41) is 2.27. The molecular weight excluding hydrogens is 546 g/mol. The Labute approximate surface area is 265 Å². The fraction of sp³-hybridized carbons (Fsp3) is 0.163. The molecule has 6 aromatic carbocycles. The van der Waals surface area contributed by atoms with Gasteiger partial charge in [0, 0.05) is 27.7 Å². The summed E-state index contributed by atoms with van der Waals surface area (Å²) in [6.45, 7) is 11.5. The highest BCUT2D eigenvalue weighted by molar-refractivity contribution is 6.18. The Morgan fingerprint density at radius 2 is 1.20 bits per heavy atom. The molecule has 0 amide bonds. The van der Waals surface area contributed by atoms with E-state index in [1.807, 2.05) is 0 Å². The Bertz CT molecular complexity index is 2190. The normalized spacial score (nSPS) is 13.6. The van der Waals surface area contributed by atoms with E-state index in [2.05, 4.69) is 173 Å². The minimum absolute atomic E-state index is 0.0675. The smallest absolute Gasteiger partial charge is 0.145 e. The topological polar surface area (TPSA) is 16.4 Å². The molecule has 8 rings (SSSR count). The molecule has 0 unspecified atom stereocenters. The lowest BCUT2D eigenvalue weighted by Crippen LogP contribution is -2.17. The first-order valence-electron chi connectivity index (χ1n) is 15.9. The molecule has 7 aromatic rings. The number of hydrogen-bond acceptors (Lipinski definition) is 2. The second-order valence-electron chi connectivity index (χ2n) is 13.8. The fourth-order valence-electron chi connectivity index (χ4n) is 7.18. The quantitative estimate of drug-likeness (QED) is 0.205. The molecule has 1 aliphatic rings. The van der Waals surface area contributed by atoms with Crippen molar-refractivity contribution in [2.24, 2.45) is 0 Å². The molecule has 1 aromatic heterocycles. The molecule has 220 valence electrons. The number of anilines is 3. The number of benzene rings is 6. The van der Waals surface area contributed by atoms with Crippen molar-refractivity contribution in [3.8, 4) is 22.3 Å². The number of hydrogen-bond donors (Lipinski definition) is 0. The average Bonchev–Trinajstić information content (AvgIpc) is 3.55. The van der Waals surface area contributed by atoms with Gasteiger partial charge < -0.3 is 9.32 Å². The Morgan fingerprint density at radius 3 is 1.91 bits per heavy atom. The van der Waals surface area contributed by atoms with Gasteiger partial charge in [0.2, 0.25) is 0 Å². The third-order valence-electron chi connectivity index (χ3n) is 9.64. The molecule has 1 heterocycles. The SMILES string of the molecule is CC(C)(C)c1ccc(N(c2ccc(-c3ccccc3)cc2)c2cc3c(c4oc5ccccc5c24)-c2ccccc2C3(C)C)cc1. The number of furan rings is 1. The molecule has 2 heteroatoms. The van der Waals surface area contributed by atoms with Crippen LogP contribution in [-0.2, 0) is 10.8 Å². The van der Waals surface area contributed by atoms with Crippen molar-refractivity contribution < 1.29 is 4.42 Å². The third kappa shape index (κ3) is 4.31. The number of fused-ring (bicyclic) bond motifs is 7. The summed E-state index contributed by atoms with van der Waals surface area (Å²) in [7, 11) is 0. The van der Waals surface area contributed by atoms with Crippen LogP contribution in [0.5, 0.6) is 0 Å². The monoisotopic (exact) mass is 583 g/mol. The molecular formula is C43H37NO. The Kier molecular flexibility index (Phi) is 6.09. The van der Waals surface area contributed by atoms with E-state index >= 15 is 0 Å². The predicted molar refractivity (Wildman–Crippen MR) is 190 cm³/mol. The van der Waals surface area contributed by atoms with Gasteiger partial charge in [-0.3, -0.25) is 0 Å². The van der Waals surface area contributed by atoms with Crippen LogP contribution in [-0.4, -0.2) is 0 Å². The molecule has 0 atom stereocenters. The highest BCUT2D eigenvalue weighted by Gasteiger charge is 2.39. The Morgan fingerprint density at radius 1 is 0.600 bits per heavy atom. The second-order valence-corrected chi connectivity index (χ2v) is 13.8. The summed E-state index contributed by atoms with van der Waals surface area (Å²) in [5.41, 5.74) is 14.0. The molecule has 45 heavy (non-hydrogen) atoms. The van der Waals surface area contributed by atoms with Crippen LogP contribution in [0.1, 0.15) is 51.3 Å². The molecule has 0 saturated carbocycles. The zero-order valence-corrected chi connectivity index (χ0v) is 26.6. The first-order valence-corrected chi connectivity index (χ1v) is 15.9. The van der Waals surface area contributed by atoms with Crippen molar-refractivity contribution in [3.05, 3.63) is 150 Å². The highest BCUT2D eigenvalue weighted by Crippen LogP contribution is 2.56. The van der Waals surface area contributed by atoms with Crippen molar-refractivity contribution in [2.75, 3.05) is 4.90 Å². The molecule has 0 saturated heterocycles. The first kappa shape index (κ1) is 27.5. The first-order chi connectivity index (χ1) is 21.7. The van der Waals surface area contributed by atoms with E-state index in [4.69, 9.17) is 4.42 Å². The summed E-state index contributed by atoms with van der Waals surface area (Å²) < 4.78 is 6.82. The van der Waals surface area contributed by atoms with Crippen LogP contribution in [0, 0.1) is 0 Å². The van der Waals surface area contributed by atoms with Crippen LogP contribution in [0.2, 0.25) is 0 Å². The molecule has 1 aliphatic carbocycles. The number of nitrogens with zero attached hydrogens (tertiary/aromatic N) is 1. The Hall–Kier alpha value is -5.08. The second kappa shape index (κ2) is 9.97. The van der Waals surface area contributed by atoms with E-state index in [-0.39, 0.29) is 10.8 Å². The summed E-state index contributed by atoms with van der Waals surface area (Å²) in [6.07, 6.45) is 0. The largest absolute Gasteiger partial charge is 0.455 e. The van der Waals surface area contributed by atoms with Crippen molar-refractivity contribution in [1.82, 2.24) is 0 Å². The standard InChI is InChI=1S/C43H37NO/c1-42(2,3)30-21-25-32(26-22-30)44(31-23-19-29(20-24-31)28-13-7-6-8-14-28)37-27-36-39(33-15-9-11-17-35(33)43(36,4)5)41-40(37)34-16-10-12-18-38(34)45-41/h6-27H,1-5H3. The van der Waals surface area contributed by atoms with Gasteiger partial charge in [-0.1, -0.05) is 132 Å². The van der Waals surface area contributed by atoms with Crippen LogP contribution in [0.15, 0.2) is 138 Å². The molecule has 0 N–H and O–H groups in total. The van der Waals surface area contributed by atoms with Crippen molar-refractivity contribution in [2.45, 2.75) is 45.4 Å². The minimum atomic E-state index is -0.174. The van der Waals surface area contributed by atoms with Gasteiger partial charge in [-0.2, -0.15) is 0 Å². The van der Waals surface area contributed by atoms with Crippen LogP contribution < -0.4 is 4.90 Å². The van der Waals surface area contributed by atoms with E-state index in [1.165, 1.54) is 38.9 Å². The summed E-state index contributed by atoms with van der Waals surface area (Å²) in [6, 6.07) is 48.4. The van der Waals surface area contributed by atoms with Crippen molar-refractivity contribution in [1.29, 1.82) is 0 Å². The molecule has 0 spiro atoms. The van der Waals surface area contributed by atoms with E-state index in [9.17, 15) is 0 Å². The van der Waals surface area contributed by atoms with Crippen molar-refractivity contribution in [3.63, 3.8) is 0 Å².